The van der Waals surface area contributed by atoms with Gasteiger partial charge >= 0.3 is 0 Å². The van der Waals surface area contributed by atoms with E-state index < -0.39 is 6.10 Å². The van der Waals surface area contributed by atoms with Gasteiger partial charge in [-0.3, -0.25) is 4.68 Å². The van der Waals surface area contributed by atoms with Crippen molar-refractivity contribution in [3.63, 3.8) is 0 Å². The van der Waals surface area contributed by atoms with Crippen molar-refractivity contribution in [3.8, 4) is 0 Å². The number of aliphatic hydroxyl groups is 1. The third-order valence-corrected chi connectivity index (χ3v) is 3.99. The highest BCUT2D eigenvalue weighted by Crippen LogP contribution is 2.25. The molecule has 0 aromatic carbocycles. The molecular formula is C13H21ClN2O2. The third kappa shape index (κ3) is 2.87. The van der Waals surface area contributed by atoms with Crippen LogP contribution in [0, 0.1) is 0 Å². The smallest absolute Gasteiger partial charge is 0.0857 e. The fraction of sp³-hybridized carbons (Fsp3) is 0.769. The zero-order valence-corrected chi connectivity index (χ0v) is 11.8. The molecule has 2 atom stereocenters. The Bertz CT molecular complexity index is 400. The lowest BCUT2D eigenvalue weighted by Crippen LogP contribution is -2.34. The van der Waals surface area contributed by atoms with Gasteiger partial charge in [-0.2, -0.15) is 5.10 Å². The molecule has 4 nitrogen and oxygen atoms in total. The van der Waals surface area contributed by atoms with E-state index >= 15 is 0 Å². The van der Waals surface area contributed by atoms with Gasteiger partial charge in [-0.25, -0.2) is 0 Å². The molecule has 1 aliphatic heterocycles. The fourth-order valence-corrected chi connectivity index (χ4v) is 2.81. The van der Waals surface area contributed by atoms with Gasteiger partial charge in [0.1, 0.15) is 0 Å². The maximum absolute atomic E-state index is 10.2. The quantitative estimate of drug-likeness (QED) is 0.913. The van der Waals surface area contributed by atoms with E-state index in [2.05, 4.69) is 5.10 Å². The lowest BCUT2D eigenvalue weighted by atomic mass is 10.0. The van der Waals surface area contributed by atoms with Crippen molar-refractivity contribution in [2.75, 3.05) is 6.61 Å². The predicted octanol–water partition coefficient (Wildman–Crippen LogP) is 2.11. The number of hydrogen-bond acceptors (Lipinski definition) is 3. The molecule has 1 fully saturated rings. The van der Waals surface area contributed by atoms with Crippen LogP contribution in [0.4, 0.5) is 0 Å². The summed E-state index contributed by atoms with van der Waals surface area (Å²) in [5.41, 5.74) is 1.79. The summed E-state index contributed by atoms with van der Waals surface area (Å²) < 4.78 is 7.37. The monoisotopic (exact) mass is 272 g/mol. The van der Waals surface area contributed by atoms with Crippen LogP contribution in [0.1, 0.15) is 37.6 Å². The third-order valence-electron chi connectivity index (χ3n) is 3.55. The van der Waals surface area contributed by atoms with Gasteiger partial charge in [0.2, 0.25) is 0 Å². The van der Waals surface area contributed by atoms with Crippen LogP contribution >= 0.6 is 11.6 Å². The van der Waals surface area contributed by atoms with Gasteiger partial charge in [0.15, 0.2) is 0 Å². The first-order valence-corrected chi connectivity index (χ1v) is 7.01. The lowest BCUT2D eigenvalue weighted by Gasteiger charge is -2.27. The molecule has 1 aromatic rings. The number of aryl methyl sites for hydroxylation is 2. The normalized spacial score (nSPS) is 22.1. The lowest BCUT2D eigenvalue weighted by molar-refractivity contribution is -0.0616. The molecule has 5 heteroatoms. The molecule has 0 aliphatic carbocycles. The van der Waals surface area contributed by atoms with E-state index in [9.17, 15) is 5.11 Å². The second kappa shape index (κ2) is 6.04. The van der Waals surface area contributed by atoms with Crippen molar-refractivity contribution in [2.45, 2.75) is 51.2 Å². The van der Waals surface area contributed by atoms with Crippen LogP contribution in [0.2, 0.25) is 5.02 Å². The molecule has 0 amide bonds. The van der Waals surface area contributed by atoms with E-state index in [1.54, 1.807) is 4.68 Å². The summed E-state index contributed by atoms with van der Waals surface area (Å²) in [6.45, 7) is 2.78. The molecule has 1 aliphatic rings. The van der Waals surface area contributed by atoms with Crippen molar-refractivity contribution in [3.05, 3.63) is 16.4 Å². The van der Waals surface area contributed by atoms with Crippen molar-refractivity contribution in [2.24, 2.45) is 7.05 Å². The zero-order valence-electron chi connectivity index (χ0n) is 11.0. The zero-order chi connectivity index (χ0) is 13.1. The number of hydrogen-bond donors (Lipinski definition) is 1. The van der Waals surface area contributed by atoms with Crippen LogP contribution in [0.15, 0.2) is 0 Å². The highest BCUT2D eigenvalue weighted by molar-refractivity contribution is 6.31. The number of nitrogens with zero attached hydrogens (tertiary/aromatic N) is 2. The number of aliphatic hydroxyl groups excluding tert-OH is 1. The van der Waals surface area contributed by atoms with E-state index in [1.165, 1.54) is 0 Å². The molecule has 0 saturated carbocycles. The molecule has 2 heterocycles. The molecule has 1 saturated heterocycles. The Balaban J connectivity index is 2.06. The van der Waals surface area contributed by atoms with E-state index in [-0.39, 0.29) is 6.10 Å². The topological polar surface area (TPSA) is 47.3 Å². The summed E-state index contributed by atoms with van der Waals surface area (Å²) in [6, 6.07) is 0. The summed E-state index contributed by atoms with van der Waals surface area (Å²) in [5.74, 6) is 0. The van der Waals surface area contributed by atoms with Crippen LogP contribution in [0.5, 0.6) is 0 Å². The largest absolute Gasteiger partial charge is 0.390 e. The van der Waals surface area contributed by atoms with Gasteiger partial charge in [0.05, 0.1) is 28.6 Å². The number of halogens is 1. The summed E-state index contributed by atoms with van der Waals surface area (Å²) >= 11 is 6.28. The summed E-state index contributed by atoms with van der Waals surface area (Å²) in [4.78, 5) is 0. The Hall–Kier alpha value is -0.580. The minimum absolute atomic E-state index is 0.0604. The van der Waals surface area contributed by atoms with Crippen molar-refractivity contribution >= 4 is 11.6 Å². The minimum atomic E-state index is -0.497. The van der Waals surface area contributed by atoms with Crippen LogP contribution in [-0.2, 0) is 24.6 Å². The molecule has 102 valence electrons. The molecule has 0 radical (unpaired) electrons. The van der Waals surface area contributed by atoms with Crippen LogP contribution in [0.3, 0.4) is 0 Å². The molecule has 0 spiro atoms. The average molecular weight is 273 g/mol. The second-order valence-corrected chi connectivity index (χ2v) is 5.24. The van der Waals surface area contributed by atoms with E-state index in [0.717, 1.165) is 43.7 Å². The Morgan fingerprint density at radius 2 is 2.33 bits per heavy atom. The molecule has 2 rings (SSSR count). The molecule has 2 unspecified atom stereocenters. The Morgan fingerprint density at radius 3 is 2.89 bits per heavy atom. The summed E-state index contributed by atoms with van der Waals surface area (Å²) in [5, 5.41) is 15.3. The Labute approximate surface area is 113 Å². The van der Waals surface area contributed by atoms with Gasteiger partial charge < -0.3 is 9.84 Å². The minimum Gasteiger partial charge on any atom is -0.390 e. The highest BCUT2D eigenvalue weighted by Gasteiger charge is 2.25. The van der Waals surface area contributed by atoms with Crippen LogP contribution < -0.4 is 0 Å². The molecule has 0 bridgehead atoms. The van der Waals surface area contributed by atoms with Gasteiger partial charge in [-0.15, -0.1) is 0 Å². The van der Waals surface area contributed by atoms with Gasteiger partial charge in [0, 0.05) is 20.1 Å². The average Bonchev–Trinajstić information content (AvgIpc) is 2.67. The van der Waals surface area contributed by atoms with Crippen LogP contribution in [0.25, 0.3) is 0 Å². The van der Waals surface area contributed by atoms with E-state index in [0.29, 0.717) is 11.4 Å². The van der Waals surface area contributed by atoms with Gasteiger partial charge in [-0.1, -0.05) is 18.5 Å². The summed E-state index contributed by atoms with van der Waals surface area (Å²) in [7, 11) is 1.87. The highest BCUT2D eigenvalue weighted by atomic mass is 35.5. The fourth-order valence-electron chi connectivity index (χ4n) is 2.44. The second-order valence-electron chi connectivity index (χ2n) is 4.86. The SMILES string of the molecule is CCc1nn(C)c(CC(O)C2CCCCO2)c1Cl. The number of ether oxygens (including phenoxy) is 1. The van der Waals surface area contributed by atoms with Crippen molar-refractivity contribution in [1.29, 1.82) is 0 Å². The number of aromatic nitrogens is 2. The molecule has 18 heavy (non-hydrogen) atoms. The maximum atomic E-state index is 10.2. The Kier molecular flexibility index (Phi) is 4.65. The summed E-state index contributed by atoms with van der Waals surface area (Å²) in [6.07, 6.45) is 3.90. The van der Waals surface area contributed by atoms with E-state index in [1.807, 2.05) is 14.0 Å². The van der Waals surface area contributed by atoms with E-state index in [4.69, 9.17) is 16.3 Å². The predicted molar refractivity (Wildman–Crippen MR) is 70.9 cm³/mol. The van der Waals surface area contributed by atoms with Gasteiger partial charge in [-0.05, 0) is 25.7 Å². The Morgan fingerprint density at radius 1 is 1.56 bits per heavy atom. The standard InChI is InChI=1S/C13H21ClN2O2/c1-3-9-13(14)10(16(2)15-9)8-11(17)12-6-4-5-7-18-12/h11-12,17H,3-8H2,1-2H3. The first-order valence-electron chi connectivity index (χ1n) is 6.63. The van der Waals surface area contributed by atoms with Crippen molar-refractivity contribution in [1.82, 2.24) is 9.78 Å². The molecule has 1 aromatic heterocycles. The van der Waals surface area contributed by atoms with Crippen LogP contribution in [-0.4, -0.2) is 33.7 Å². The number of rotatable bonds is 4. The molecule has 1 N–H and O–H groups in total. The maximum Gasteiger partial charge on any atom is 0.0857 e. The first-order chi connectivity index (χ1) is 8.63. The molecular weight excluding hydrogens is 252 g/mol. The van der Waals surface area contributed by atoms with Gasteiger partial charge in [0.25, 0.3) is 0 Å². The van der Waals surface area contributed by atoms with Crippen molar-refractivity contribution < 1.29 is 9.84 Å². The first kappa shape index (κ1) is 13.8.